The summed E-state index contributed by atoms with van der Waals surface area (Å²) in [6.07, 6.45) is 6.36. The summed E-state index contributed by atoms with van der Waals surface area (Å²) in [6, 6.07) is 8.60. The fraction of sp³-hybridized carbons (Fsp3) is 0.588. The second-order valence-electron chi connectivity index (χ2n) is 5.98. The first kappa shape index (κ1) is 16.5. The van der Waals surface area contributed by atoms with Gasteiger partial charge in [-0.3, -0.25) is 4.79 Å². The summed E-state index contributed by atoms with van der Waals surface area (Å²) in [5.41, 5.74) is 1.50. The van der Waals surface area contributed by atoms with E-state index < -0.39 is 0 Å². The van der Waals surface area contributed by atoms with Crippen molar-refractivity contribution in [3.05, 3.63) is 34.3 Å². The van der Waals surface area contributed by atoms with E-state index in [1.54, 1.807) is 0 Å². The molecule has 116 valence electrons. The Morgan fingerprint density at radius 2 is 1.90 bits per heavy atom. The lowest BCUT2D eigenvalue weighted by Crippen LogP contribution is -2.39. The van der Waals surface area contributed by atoms with E-state index in [2.05, 4.69) is 50.8 Å². The van der Waals surface area contributed by atoms with Crippen LogP contribution in [0.4, 0.5) is 0 Å². The molecular formula is C17H25BrN2O. The van der Waals surface area contributed by atoms with Gasteiger partial charge in [0.2, 0.25) is 5.91 Å². The standard InChI is InChI=1S/C17H25BrN2O/c1-19-12-4-5-16(21)20-13-17(10-2-3-11-17)14-6-8-15(18)9-7-14/h6-9,19H,2-5,10-13H2,1H3,(H,20,21). The smallest absolute Gasteiger partial charge is 0.220 e. The van der Waals surface area contributed by atoms with E-state index in [9.17, 15) is 4.79 Å². The monoisotopic (exact) mass is 352 g/mol. The van der Waals surface area contributed by atoms with E-state index in [1.165, 1.54) is 31.2 Å². The first-order valence-electron chi connectivity index (χ1n) is 7.84. The quantitative estimate of drug-likeness (QED) is 0.738. The van der Waals surface area contributed by atoms with Crippen molar-refractivity contribution in [3.8, 4) is 0 Å². The van der Waals surface area contributed by atoms with Gasteiger partial charge in [0.25, 0.3) is 0 Å². The summed E-state index contributed by atoms with van der Waals surface area (Å²) in [4.78, 5) is 12.0. The molecule has 0 radical (unpaired) electrons. The highest BCUT2D eigenvalue weighted by molar-refractivity contribution is 9.10. The van der Waals surface area contributed by atoms with Crippen molar-refractivity contribution < 1.29 is 4.79 Å². The average Bonchev–Trinajstić information content (AvgIpc) is 2.96. The van der Waals surface area contributed by atoms with Gasteiger partial charge in [0.15, 0.2) is 0 Å². The molecule has 21 heavy (non-hydrogen) atoms. The molecule has 0 atom stereocenters. The van der Waals surface area contributed by atoms with Crippen LogP contribution in [0.25, 0.3) is 0 Å². The van der Waals surface area contributed by atoms with Gasteiger partial charge in [0.1, 0.15) is 0 Å². The van der Waals surface area contributed by atoms with E-state index in [0.717, 1.165) is 24.0 Å². The molecule has 4 heteroatoms. The van der Waals surface area contributed by atoms with Crippen molar-refractivity contribution in [2.45, 2.75) is 43.9 Å². The summed E-state index contributed by atoms with van der Waals surface area (Å²) < 4.78 is 1.11. The molecule has 1 aromatic carbocycles. The average molecular weight is 353 g/mol. The molecule has 0 heterocycles. The predicted octanol–water partition coefficient (Wildman–Crippen LogP) is 3.38. The fourth-order valence-electron chi connectivity index (χ4n) is 3.20. The molecule has 0 unspecified atom stereocenters. The van der Waals surface area contributed by atoms with Crippen LogP contribution in [0.15, 0.2) is 28.7 Å². The van der Waals surface area contributed by atoms with Gasteiger partial charge < -0.3 is 10.6 Å². The van der Waals surface area contributed by atoms with Gasteiger partial charge in [-0.15, -0.1) is 0 Å². The van der Waals surface area contributed by atoms with E-state index in [1.807, 2.05) is 7.05 Å². The third-order valence-corrected chi connectivity index (χ3v) is 5.00. The molecule has 1 saturated carbocycles. The van der Waals surface area contributed by atoms with Gasteiger partial charge in [-0.2, -0.15) is 0 Å². The fourth-order valence-corrected chi connectivity index (χ4v) is 3.47. The maximum absolute atomic E-state index is 12.0. The molecule has 2 rings (SSSR count). The molecule has 1 aliphatic carbocycles. The SMILES string of the molecule is CNCCCC(=O)NCC1(c2ccc(Br)cc2)CCCC1. The number of rotatable bonds is 7. The van der Waals surface area contributed by atoms with Crippen LogP contribution in [0.1, 0.15) is 44.1 Å². The van der Waals surface area contributed by atoms with Crippen LogP contribution in [0, 0.1) is 0 Å². The Kier molecular flexibility index (Phi) is 6.24. The summed E-state index contributed by atoms with van der Waals surface area (Å²) in [6.45, 7) is 1.66. The van der Waals surface area contributed by atoms with Crippen molar-refractivity contribution in [3.63, 3.8) is 0 Å². The lowest BCUT2D eigenvalue weighted by Gasteiger charge is -2.30. The summed E-state index contributed by atoms with van der Waals surface area (Å²) in [5.74, 6) is 0.175. The molecule has 0 aromatic heterocycles. The highest BCUT2D eigenvalue weighted by atomic mass is 79.9. The Morgan fingerprint density at radius 1 is 1.24 bits per heavy atom. The minimum absolute atomic E-state index is 0.138. The number of benzene rings is 1. The van der Waals surface area contributed by atoms with E-state index >= 15 is 0 Å². The van der Waals surface area contributed by atoms with Crippen LogP contribution in [0.5, 0.6) is 0 Å². The lowest BCUT2D eigenvalue weighted by atomic mass is 9.79. The maximum atomic E-state index is 12.0. The Morgan fingerprint density at radius 3 is 2.52 bits per heavy atom. The zero-order valence-corrected chi connectivity index (χ0v) is 14.3. The number of amides is 1. The van der Waals surface area contributed by atoms with Crippen LogP contribution in [-0.4, -0.2) is 26.0 Å². The molecule has 1 amide bonds. The molecule has 1 fully saturated rings. The first-order valence-corrected chi connectivity index (χ1v) is 8.63. The number of carbonyl (C=O) groups is 1. The number of carbonyl (C=O) groups excluding carboxylic acids is 1. The van der Waals surface area contributed by atoms with Crippen LogP contribution in [0.2, 0.25) is 0 Å². The Balaban J connectivity index is 1.96. The number of nitrogens with one attached hydrogen (secondary N) is 2. The van der Waals surface area contributed by atoms with Gasteiger partial charge in [0, 0.05) is 22.9 Å². The largest absolute Gasteiger partial charge is 0.355 e. The van der Waals surface area contributed by atoms with E-state index in [0.29, 0.717) is 6.42 Å². The molecule has 1 aliphatic rings. The lowest BCUT2D eigenvalue weighted by molar-refractivity contribution is -0.121. The molecule has 0 saturated heterocycles. The van der Waals surface area contributed by atoms with Crippen molar-refractivity contribution in [2.75, 3.05) is 20.1 Å². The normalized spacial score (nSPS) is 16.9. The van der Waals surface area contributed by atoms with Gasteiger partial charge >= 0.3 is 0 Å². The maximum Gasteiger partial charge on any atom is 0.220 e. The van der Waals surface area contributed by atoms with Crippen LogP contribution in [0.3, 0.4) is 0 Å². The zero-order chi connectivity index (χ0) is 15.1. The second-order valence-corrected chi connectivity index (χ2v) is 6.89. The molecule has 0 bridgehead atoms. The Bertz CT molecular complexity index is 452. The Hall–Kier alpha value is -0.870. The van der Waals surface area contributed by atoms with Gasteiger partial charge in [-0.25, -0.2) is 0 Å². The number of halogens is 1. The minimum Gasteiger partial charge on any atom is -0.355 e. The van der Waals surface area contributed by atoms with Crippen molar-refractivity contribution in [1.82, 2.24) is 10.6 Å². The van der Waals surface area contributed by atoms with Gasteiger partial charge in [-0.05, 0) is 50.6 Å². The Labute approximate surface area is 136 Å². The first-order chi connectivity index (χ1) is 10.2. The molecule has 0 spiro atoms. The van der Waals surface area contributed by atoms with Crippen LogP contribution >= 0.6 is 15.9 Å². The third-order valence-electron chi connectivity index (χ3n) is 4.47. The van der Waals surface area contributed by atoms with Crippen molar-refractivity contribution >= 4 is 21.8 Å². The highest BCUT2D eigenvalue weighted by Crippen LogP contribution is 2.40. The van der Waals surface area contributed by atoms with Crippen molar-refractivity contribution in [2.24, 2.45) is 0 Å². The summed E-state index contributed by atoms with van der Waals surface area (Å²) in [5, 5.41) is 6.23. The highest BCUT2D eigenvalue weighted by Gasteiger charge is 2.35. The number of hydrogen-bond acceptors (Lipinski definition) is 2. The summed E-state index contributed by atoms with van der Waals surface area (Å²) >= 11 is 3.49. The van der Waals surface area contributed by atoms with E-state index in [-0.39, 0.29) is 11.3 Å². The molecule has 1 aromatic rings. The number of hydrogen-bond donors (Lipinski definition) is 2. The summed E-state index contributed by atoms with van der Waals surface area (Å²) in [7, 11) is 1.92. The van der Waals surface area contributed by atoms with E-state index in [4.69, 9.17) is 0 Å². The molecular weight excluding hydrogens is 328 g/mol. The van der Waals surface area contributed by atoms with Crippen molar-refractivity contribution in [1.29, 1.82) is 0 Å². The minimum atomic E-state index is 0.138. The molecule has 0 aliphatic heterocycles. The van der Waals surface area contributed by atoms with Crippen LogP contribution < -0.4 is 10.6 Å². The molecule has 2 N–H and O–H groups in total. The molecule has 3 nitrogen and oxygen atoms in total. The third kappa shape index (κ3) is 4.55. The predicted molar refractivity (Wildman–Crippen MR) is 90.5 cm³/mol. The van der Waals surface area contributed by atoms with Gasteiger partial charge in [0.05, 0.1) is 0 Å². The van der Waals surface area contributed by atoms with Gasteiger partial charge in [-0.1, -0.05) is 40.9 Å². The topological polar surface area (TPSA) is 41.1 Å². The second kappa shape index (κ2) is 7.95. The van der Waals surface area contributed by atoms with Crippen LogP contribution in [-0.2, 0) is 10.2 Å². The zero-order valence-electron chi connectivity index (χ0n) is 12.8.